The minimum Gasteiger partial charge on any atom is -0.366 e. The summed E-state index contributed by atoms with van der Waals surface area (Å²) in [6, 6.07) is 5.52. The first-order valence-electron chi connectivity index (χ1n) is 4.90. The van der Waals surface area contributed by atoms with Crippen molar-refractivity contribution in [2.75, 3.05) is 0 Å². The van der Waals surface area contributed by atoms with Gasteiger partial charge in [-0.3, -0.25) is 9.78 Å². The Balaban J connectivity index is 2.67. The lowest BCUT2D eigenvalue weighted by molar-refractivity contribution is 0.100. The summed E-state index contributed by atoms with van der Waals surface area (Å²) in [6.45, 7) is 0. The van der Waals surface area contributed by atoms with Crippen molar-refractivity contribution in [3.63, 3.8) is 0 Å². The first-order chi connectivity index (χ1) is 8.50. The molecule has 92 valence electrons. The smallest absolute Gasteiger partial charge is 0.250 e. The molecule has 0 saturated carbocycles. The third-order valence-electron chi connectivity index (χ3n) is 2.33. The number of pyridine rings is 1. The lowest BCUT2D eigenvalue weighted by Crippen LogP contribution is -2.12. The highest BCUT2D eigenvalue weighted by molar-refractivity contribution is 6.44. The molecule has 0 fully saturated rings. The highest BCUT2D eigenvalue weighted by atomic mass is 35.5. The normalized spacial score (nSPS) is 10.4. The molecule has 0 aliphatic carbocycles. The third-order valence-corrected chi connectivity index (χ3v) is 3.13. The number of halogens is 3. The first kappa shape index (κ1) is 12.8. The van der Waals surface area contributed by atoms with E-state index in [1.807, 2.05) is 0 Å². The molecule has 18 heavy (non-hydrogen) atoms. The number of rotatable bonds is 2. The molecule has 2 N–H and O–H groups in total. The van der Waals surface area contributed by atoms with E-state index in [1.165, 1.54) is 30.5 Å². The van der Waals surface area contributed by atoms with Gasteiger partial charge in [0.25, 0.3) is 0 Å². The van der Waals surface area contributed by atoms with Crippen molar-refractivity contribution in [3.8, 4) is 11.3 Å². The molecule has 1 amide bonds. The van der Waals surface area contributed by atoms with E-state index < -0.39 is 11.7 Å². The highest BCUT2D eigenvalue weighted by Gasteiger charge is 2.15. The SMILES string of the molecule is NC(=O)c1cc(-c2ncccc2F)cc(Cl)c1Cl. The molecule has 1 aromatic carbocycles. The van der Waals surface area contributed by atoms with Gasteiger partial charge in [0.1, 0.15) is 11.5 Å². The van der Waals surface area contributed by atoms with Gasteiger partial charge in [0.2, 0.25) is 5.91 Å². The summed E-state index contributed by atoms with van der Waals surface area (Å²) in [4.78, 5) is 15.1. The second-order valence-corrected chi connectivity index (χ2v) is 4.30. The molecule has 0 bridgehead atoms. The van der Waals surface area contributed by atoms with Gasteiger partial charge in [0.05, 0.1) is 15.6 Å². The lowest BCUT2D eigenvalue weighted by Gasteiger charge is -2.07. The predicted molar refractivity (Wildman–Crippen MR) is 68.2 cm³/mol. The molecule has 0 aliphatic rings. The largest absolute Gasteiger partial charge is 0.366 e. The van der Waals surface area contributed by atoms with Crippen LogP contribution in [0.2, 0.25) is 10.0 Å². The standard InChI is InChI=1S/C12H7Cl2FN2O/c13-8-5-6(4-7(10(8)14)12(16)18)11-9(15)2-1-3-17-11/h1-5H,(H2,16,18). The number of carbonyl (C=O) groups is 1. The molecule has 1 aromatic heterocycles. The van der Waals surface area contributed by atoms with Crippen LogP contribution in [0.15, 0.2) is 30.5 Å². The van der Waals surface area contributed by atoms with E-state index in [2.05, 4.69) is 4.98 Å². The molecule has 1 heterocycles. The number of amides is 1. The highest BCUT2D eigenvalue weighted by Crippen LogP contribution is 2.32. The molecule has 0 aliphatic heterocycles. The van der Waals surface area contributed by atoms with E-state index in [9.17, 15) is 9.18 Å². The molecule has 0 radical (unpaired) electrons. The molecule has 0 spiro atoms. The number of hydrogen-bond donors (Lipinski definition) is 1. The Morgan fingerprint density at radius 3 is 2.67 bits per heavy atom. The van der Waals surface area contributed by atoms with Gasteiger partial charge < -0.3 is 5.73 Å². The van der Waals surface area contributed by atoms with Gasteiger partial charge in [-0.05, 0) is 24.3 Å². The lowest BCUT2D eigenvalue weighted by atomic mass is 10.1. The molecule has 0 unspecified atom stereocenters. The minimum absolute atomic E-state index is 0.0317. The van der Waals surface area contributed by atoms with Crippen molar-refractivity contribution in [2.24, 2.45) is 5.73 Å². The van der Waals surface area contributed by atoms with Crippen molar-refractivity contribution < 1.29 is 9.18 Å². The Kier molecular flexibility index (Phi) is 3.50. The average Bonchev–Trinajstić information content (AvgIpc) is 2.33. The van der Waals surface area contributed by atoms with Gasteiger partial charge in [0, 0.05) is 11.8 Å². The summed E-state index contributed by atoms with van der Waals surface area (Å²) in [7, 11) is 0. The Labute approximate surface area is 112 Å². The van der Waals surface area contributed by atoms with Crippen LogP contribution in [0, 0.1) is 5.82 Å². The average molecular weight is 285 g/mol. The first-order valence-corrected chi connectivity index (χ1v) is 5.66. The maximum Gasteiger partial charge on any atom is 0.250 e. The van der Waals surface area contributed by atoms with Crippen LogP contribution in [0.1, 0.15) is 10.4 Å². The minimum atomic E-state index is -0.736. The van der Waals surface area contributed by atoms with Crippen molar-refractivity contribution >= 4 is 29.1 Å². The number of carbonyl (C=O) groups excluding carboxylic acids is 1. The summed E-state index contributed by atoms with van der Waals surface area (Å²) in [5.41, 5.74) is 5.63. The molecule has 2 rings (SSSR count). The Morgan fingerprint density at radius 1 is 1.33 bits per heavy atom. The van der Waals surface area contributed by atoms with Gasteiger partial charge in [-0.2, -0.15) is 0 Å². The molecule has 3 nitrogen and oxygen atoms in total. The zero-order chi connectivity index (χ0) is 13.3. The van der Waals surface area contributed by atoms with Gasteiger partial charge in [-0.1, -0.05) is 23.2 Å². The molecule has 0 atom stereocenters. The number of benzene rings is 1. The van der Waals surface area contributed by atoms with E-state index >= 15 is 0 Å². The maximum atomic E-state index is 13.6. The Bertz CT molecular complexity index is 631. The predicted octanol–water partition coefficient (Wildman–Crippen LogP) is 3.29. The van der Waals surface area contributed by atoms with E-state index in [0.717, 1.165) is 0 Å². The number of nitrogens with two attached hydrogens (primary N) is 1. The summed E-state index contributed by atoms with van der Waals surface area (Å²) >= 11 is 11.7. The van der Waals surface area contributed by atoms with Gasteiger partial charge in [-0.15, -0.1) is 0 Å². The zero-order valence-electron chi connectivity index (χ0n) is 8.95. The van der Waals surface area contributed by atoms with Gasteiger partial charge in [0.15, 0.2) is 0 Å². The summed E-state index contributed by atoms with van der Waals surface area (Å²) in [6.07, 6.45) is 1.44. The van der Waals surface area contributed by atoms with Crippen LogP contribution < -0.4 is 5.73 Å². The van der Waals surface area contributed by atoms with Crippen molar-refractivity contribution in [3.05, 3.63) is 51.9 Å². The fraction of sp³-hybridized carbons (Fsp3) is 0. The van der Waals surface area contributed by atoms with Crippen LogP contribution >= 0.6 is 23.2 Å². The molecule has 0 saturated heterocycles. The van der Waals surface area contributed by atoms with Gasteiger partial charge in [-0.25, -0.2) is 4.39 Å². The molecular formula is C12H7Cl2FN2O. The fourth-order valence-corrected chi connectivity index (χ4v) is 1.92. The van der Waals surface area contributed by atoms with E-state index in [0.29, 0.717) is 5.56 Å². The zero-order valence-corrected chi connectivity index (χ0v) is 10.5. The van der Waals surface area contributed by atoms with Crippen molar-refractivity contribution in [1.82, 2.24) is 4.98 Å². The number of hydrogen-bond acceptors (Lipinski definition) is 2. The summed E-state index contributed by atoms with van der Waals surface area (Å²) in [5, 5.41) is 0.164. The second-order valence-electron chi connectivity index (χ2n) is 3.52. The fourth-order valence-electron chi connectivity index (χ4n) is 1.50. The summed E-state index contributed by atoms with van der Waals surface area (Å²) < 4.78 is 13.6. The van der Waals surface area contributed by atoms with Crippen LogP contribution in [-0.4, -0.2) is 10.9 Å². The van der Waals surface area contributed by atoms with Crippen LogP contribution in [0.4, 0.5) is 4.39 Å². The summed E-state index contributed by atoms with van der Waals surface area (Å²) in [5.74, 6) is -1.26. The van der Waals surface area contributed by atoms with Gasteiger partial charge >= 0.3 is 0 Å². The maximum absolute atomic E-state index is 13.6. The van der Waals surface area contributed by atoms with E-state index in [4.69, 9.17) is 28.9 Å². The number of nitrogens with zero attached hydrogens (tertiary/aromatic N) is 1. The second kappa shape index (κ2) is 4.92. The van der Waals surface area contributed by atoms with Crippen molar-refractivity contribution in [1.29, 1.82) is 0 Å². The van der Waals surface area contributed by atoms with Crippen LogP contribution in [0.3, 0.4) is 0 Å². The number of primary amides is 1. The quantitative estimate of drug-likeness (QED) is 0.920. The molecular weight excluding hydrogens is 278 g/mol. The van der Waals surface area contributed by atoms with Crippen LogP contribution in [-0.2, 0) is 0 Å². The Hall–Kier alpha value is -1.65. The third kappa shape index (κ3) is 2.30. The van der Waals surface area contributed by atoms with Crippen LogP contribution in [0.25, 0.3) is 11.3 Å². The molecule has 6 heteroatoms. The van der Waals surface area contributed by atoms with E-state index in [1.54, 1.807) is 0 Å². The monoisotopic (exact) mass is 284 g/mol. The molecule has 2 aromatic rings. The Morgan fingerprint density at radius 2 is 2.06 bits per heavy atom. The van der Waals surface area contributed by atoms with Crippen molar-refractivity contribution in [2.45, 2.75) is 0 Å². The number of aromatic nitrogens is 1. The van der Waals surface area contributed by atoms with E-state index in [-0.39, 0.29) is 21.3 Å². The topological polar surface area (TPSA) is 56.0 Å². The van der Waals surface area contributed by atoms with Crippen LogP contribution in [0.5, 0.6) is 0 Å².